The molecule has 0 fully saturated rings. The van der Waals surface area contributed by atoms with E-state index in [0.29, 0.717) is 13.2 Å². The van der Waals surface area contributed by atoms with Gasteiger partial charge in [-0.25, -0.2) is 0 Å². The molecule has 0 aliphatic carbocycles. The van der Waals surface area contributed by atoms with Crippen molar-refractivity contribution in [1.82, 2.24) is 5.32 Å². The van der Waals surface area contributed by atoms with E-state index >= 15 is 0 Å². The Bertz CT molecular complexity index is 508. The van der Waals surface area contributed by atoms with E-state index in [1.807, 2.05) is 12.1 Å². The zero-order valence-electron chi connectivity index (χ0n) is 11.7. The first-order valence-electron chi connectivity index (χ1n) is 6.88. The molecule has 0 amide bonds. The Morgan fingerprint density at radius 3 is 1.90 bits per heavy atom. The van der Waals surface area contributed by atoms with Crippen LogP contribution >= 0.6 is 15.9 Å². The average molecular weight is 334 g/mol. The van der Waals surface area contributed by atoms with Crippen LogP contribution in [0.5, 0.6) is 0 Å². The van der Waals surface area contributed by atoms with Crippen molar-refractivity contribution < 1.29 is 4.74 Å². The van der Waals surface area contributed by atoms with Gasteiger partial charge in [0.1, 0.15) is 0 Å². The van der Waals surface area contributed by atoms with Gasteiger partial charge in [-0.3, -0.25) is 0 Å². The molecule has 2 rings (SSSR count). The van der Waals surface area contributed by atoms with E-state index in [9.17, 15) is 0 Å². The molecule has 106 valence electrons. The molecule has 2 aromatic rings. The SMILES string of the molecule is CCNCc1ccc(COCc2ccc(Br)cc2)cc1. The van der Waals surface area contributed by atoms with Gasteiger partial charge in [-0.15, -0.1) is 0 Å². The van der Waals surface area contributed by atoms with Crippen LogP contribution in [0, 0.1) is 0 Å². The zero-order chi connectivity index (χ0) is 14.2. The highest BCUT2D eigenvalue weighted by molar-refractivity contribution is 9.10. The molecule has 3 heteroatoms. The summed E-state index contributed by atoms with van der Waals surface area (Å²) in [6, 6.07) is 16.8. The topological polar surface area (TPSA) is 21.3 Å². The molecule has 0 aliphatic heterocycles. The highest BCUT2D eigenvalue weighted by Gasteiger charge is 1.97. The van der Waals surface area contributed by atoms with Gasteiger partial charge in [-0.2, -0.15) is 0 Å². The summed E-state index contributed by atoms with van der Waals surface area (Å²) in [6.45, 7) is 5.34. The summed E-state index contributed by atoms with van der Waals surface area (Å²) in [5, 5.41) is 3.32. The molecule has 0 heterocycles. The van der Waals surface area contributed by atoms with E-state index in [2.05, 4.69) is 64.6 Å². The third kappa shape index (κ3) is 5.08. The Balaban J connectivity index is 1.77. The molecule has 0 saturated heterocycles. The predicted octanol–water partition coefficient (Wildman–Crippen LogP) is 4.28. The predicted molar refractivity (Wildman–Crippen MR) is 86.5 cm³/mol. The molecular formula is C17H20BrNO. The number of nitrogens with one attached hydrogen (secondary N) is 1. The third-order valence-corrected chi connectivity index (χ3v) is 3.58. The van der Waals surface area contributed by atoms with Crippen molar-refractivity contribution >= 4 is 15.9 Å². The molecule has 0 atom stereocenters. The Morgan fingerprint density at radius 2 is 1.35 bits per heavy atom. The van der Waals surface area contributed by atoms with Gasteiger partial charge in [-0.1, -0.05) is 59.3 Å². The van der Waals surface area contributed by atoms with Gasteiger partial charge in [0.05, 0.1) is 13.2 Å². The van der Waals surface area contributed by atoms with Crippen molar-refractivity contribution in [3.63, 3.8) is 0 Å². The maximum atomic E-state index is 5.74. The number of halogens is 1. The van der Waals surface area contributed by atoms with Crippen LogP contribution in [0.3, 0.4) is 0 Å². The minimum atomic E-state index is 0.645. The minimum absolute atomic E-state index is 0.645. The van der Waals surface area contributed by atoms with E-state index in [1.54, 1.807) is 0 Å². The Hall–Kier alpha value is -1.16. The minimum Gasteiger partial charge on any atom is -0.372 e. The lowest BCUT2D eigenvalue weighted by Crippen LogP contribution is -2.11. The van der Waals surface area contributed by atoms with Crippen LogP contribution in [0.25, 0.3) is 0 Å². The maximum absolute atomic E-state index is 5.74. The first-order chi connectivity index (χ1) is 9.78. The van der Waals surface area contributed by atoms with Crippen LogP contribution in [0.2, 0.25) is 0 Å². The second-order valence-corrected chi connectivity index (χ2v) is 5.63. The smallest absolute Gasteiger partial charge is 0.0721 e. The molecule has 2 aromatic carbocycles. The molecule has 0 spiro atoms. The highest BCUT2D eigenvalue weighted by Crippen LogP contribution is 2.12. The normalized spacial score (nSPS) is 10.7. The summed E-state index contributed by atoms with van der Waals surface area (Å²) in [6.07, 6.45) is 0. The van der Waals surface area contributed by atoms with Crippen molar-refractivity contribution in [2.24, 2.45) is 0 Å². The second-order valence-electron chi connectivity index (χ2n) is 4.72. The molecule has 0 aromatic heterocycles. The molecular weight excluding hydrogens is 314 g/mol. The summed E-state index contributed by atoms with van der Waals surface area (Å²) in [5.41, 5.74) is 3.71. The van der Waals surface area contributed by atoms with E-state index in [4.69, 9.17) is 4.74 Å². The molecule has 20 heavy (non-hydrogen) atoms. The van der Waals surface area contributed by atoms with Crippen molar-refractivity contribution in [3.05, 3.63) is 69.7 Å². The van der Waals surface area contributed by atoms with E-state index in [1.165, 1.54) is 16.7 Å². The van der Waals surface area contributed by atoms with Crippen LogP contribution in [-0.4, -0.2) is 6.54 Å². The maximum Gasteiger partial charge on any atom is 0.0721 e. The van der Waals surface area contributed by atoms with Crippen LogP contribution in [0.1, 0.15) is 23.6 Å². The lowest BCUT2D eigenvalue weighted by molar-refractivity contribution is 0.107. The van der Waals surface area contributed by atoms with Gasteiger partial charge in [0.25, 0.3) is 0 Å². The monoisotopic (exact) mass is 333 g/mol. The lowest BCUT2D eigenvalue weighted by Gasteiger charge is -2.06. The number of ether oxygens (including phenoxy) is 1. The van der Waals surface area contributed by atoms with E-state index < -0.39 is 0 Å². The molecule has 0 unspecified atom stereocenters. The number of benzene rings is 2. The standard InChI is InChI=1S/C17H20BrNO/c1-2-19-11-14-3-5-15(6-4-14)12-20-13-16-7-9-17(18)10-8-16/h3-10,19H,2,11-13H2,1H3. The molecule has 0 aliphatic rings. The van der Waals surface area contributed by atoms with Gasteiger partial charge < -0.3 is 10.1 Å². The fourth-order valence-electron chi connectivity index (χ4n) is 1.89. The van der Waals surface area contributed by atoms with Gasteiger partial charge in [0.15, 0.2) is 0 Å². The van der Waals surface area contributed by atoms with Crippen LogP contribution in [-0.2, 0) is 24.5 Å². The Morgan fingerprint density at radius 1 is 0.850 bits per heavy atom. The largest absolute Gasteiger partial charge is 0.372 e. The van der Waals surface area contributed by atoms with Gasteiger partial charge in [-0.05, 0) is 35.4 Å². The molecule has 0 bridgehead atoms. The van der Waals surface area contributed by atoms with Crippen molar-refractivity contribution in [2.45, 2.75) is 26.7 Å². The molecule has 0 radical (unpaired) electrons. The van der Waals surface area contributed by atoms with Crippen molar-refractivity contribution in [2.75, 3.05) is 6.54 Å². The van der Waals surface area contributed by atoms with Crippen molar-refractivity contribution in [3.8, 4) is 0 Å². The summed E-state index contributed by atoms with van der Waals surface area (Å²) in [4.78, 5) is 0. The fraction of sp³-hybridized carbons (Fsp3) is 0.294. The third-order valence-electron chi connectivity index (χ3n) is 3.05. The lowest BCUT2D eigenvalue weighted by atomic mass is 10.1. The van der Waals surface area contributed by atoms with Crippen LogP contribution in [0.15, 0.2) is 53.0 Å². The van der Waals surface area contributed by atoms with Crippen LogP contribution < -0.4 is 5.32 Å². The summed E-state index contributed by atoms with van der Waals surface area (Å²) in [7, 11) is 0. The van der Waals surface area contributed by atoms with Crippen molar-refractivity contribution in [1.29, 1.82) is 0 Å². The number of rotatable bonds is 7. The molecule has 1 N–H and O–H groups in total. The van der Waals surface area contributed by atoms with Gasteiger partial charge in [0, 0.05) is 11.0 Å². The van der Waals surface area contributed by atoms with E-state index in [0.717, 1.165) is 17.6 Å². The zero-order valence-corrected chi connectivity index (χ0v) is 13.3. The first-order valence-corrected chi connectivity index (χ1v) is 7.68. The van der Waals surface area contributed by atoms with E-state index in [-0.39, 0.29) is 0 Å². The van der Waals surface area contributed by atoms with Crippen LogP contribution in [0.4, 0.5) is 0 Å². The summed E-state index contributed by atoms with van der Waals surface area (Å²) >= 11 is 3.43. The molecule has 0 saturated carbocycles. The Kier molecular flexibility index (Phi) is 6.25. The van der Waals surface area contributed by atoms with Gasteiger partial charge in [0.2, 0.25) is 0 Å². The Labute approximate surface area is 129 Å². The second kappa shape index (κ2) is 8.20. The highest BCUT2D eigenvalue weighted by atomic mass is 79.9. The quantitative estimate of drug-likeness (QED) is 0.816. The number of hydrogen-bond acceptors (Lipinski definition) is 2. The average Bonchev–Trinajstić information content (AvgIpc) is 2.48. The summed E-state index contributed by atoms with van der Waals surface area (Å²) < 4.78 is 6.83. The number of hydrogen-bond donors (Lipinski definition) is 1. The summed E-state index contributed by atoms with van der Waals surface area (Å²) in [5.74, 6) is 0. The molecule has 2 nitrogen and oxygen atoms in total. The van der Waals surface area contributed by atoms with Gasteiger partial charge >= 0.3 is 0 Å². The fourth-order valence-corrected chi connectivity index (χ4v) is 2.15. The first kappa shape index (κ1) is 15.2.